The number of hydrogen-bond acceptors (Lipinski definition) is 2. The summed E-state index contributed by atoms with van der Waals surface area (Å²) in [5.41, 5.74) is 1.84. The van der Waals surface area contributed by atoms with E-state index < -0.39 is 0 Å². The van der Waals surface area contributed by atoms with Gasteiger partial charge in [0.05, 0.1) is 17.8 Å². The summed E-state index contributed by atoms with van der Waals surface area (Å²) in [6, 6.07) is 0. The van der Waals surface area contributed by atoms with Crippen molar-refractivity contribution in [2.45, 2.75) is 57.7 Å². The molecule has 0 aromatic carbocycles. The summed E-state index contributed by atoms with van der Waals surface area (Å²) in [7, 11) is 0. The van der Waals surface area contributed by atoms with E-state index in [4.69, 9.17) is 4.74 Å². The molecule has 0 saturated heterocycles. The van der Waals surface area contributed by atoms with E-state index in [1.165, 1.54) is 32.1 Å². The van der Waals surface area contributed by atoms with Crippen molar-refractivity contribution in [1.29, 1.82) is 0 Å². The van der Waals surface area contributed by atoms with Gasteiger partial charge in [-0.05, 0) is 25.7 Å². The van der Waals surface area contributed by atoms with E-state index in [-0.39, 0.29) is 11.7 Å². The van der Waals surface area contributed by atoms with Crippen molar-refractivity contribution in [3.63, 3.8) is 0 Å². The molecule has 2 aliphatic rings. The Morgan fingerprint density at radius 3 is 2.71 bits per heavy atom. The van der Waals surface area contributed by atoms with Crippen LogP contribution >= 0.6 is 0 Å². The molecule has 1 saturated carbocycles. The maximum absolute atomic E-state index is 11.6. The highest BCUT2D eigenvalue weighted by atomic mass is 16.5. The quantitative estimate of drug-likeness (QED) is 0.786. The Bertz CT molecular complexity index is 443. The minimum Gasteiger partial charge on any atom is -0.370 e. The van der Waals surface area contributed by atoms with Crippen LogP contribution in [0.5, 0.6) is 0 Å². The van der Waals surface area contributed by atoms with E-state index in [2.05, 4.69) is 10.2 Å². The van der Waals surface area contributed by atoms with Gasteiger partial charge in [-0.3, -0.25) is 9.89 Å². The Kier molecular flexibility index (Phi) is 2.82. The molecule has 0 radical (unpaired) electrons. The molecule has 0 amide bonds. The van der Waals surface area contributed by atoms with Crippen LogP contribution in [-0.2, 0) is 11.2 Å². The highest BCUT2D eigenvalue weighted by Gasteiger charge is 2.33. The monoisotopic (exact) mass is 236 g/mol. The largest absolute Gasteiger partial charge is 0.370 e. The maximum atomic E-state index is 11.6. The smallest absolute Gasteiger partial charge is 0.269 e. The Morgan fingerprint density at radius 2 is 1.94 bits per heavy atom. The molecule has 94 valence electrons. The molecule has 0 spiro atoms. The number of aromatic amines is 2. The minimum atomic E-state index is -0.0688. The summed E-state index contributed by atoms with van der Waals surface area (Å²) in [5, 5.41) is 5.68. The van der Waals surface area contributed by atoms with E-state index >= 15 is 0 Å². The van der Waals surface area contributed by atoms with E-state index in [0.29, 0.717) is 12.0 Å². The molecule has 1 aliphatic heterocycles. The van der Waals surface area contributed by atoms with Gasteiger partial charge < -0.3 is 9.84 Å². The summed E-state index contributed by atoms with van der Waals surface area (Å²) in [6.45, 7) is 1.98. The Labute approximate surface area is 101 Å². The fourth-order valence-electron chi connectivity index (χ4n) is 3.36. The second kappa shape index (κ2) is 4.33. The van der Waals surface area contributed by atoms with Crippen molar-refractivity contribution >= 4 is 0 Å². The number of rotatable bonds is 1. The lowest BCUT2D eigenvalue weighted by atomic mass is 9.82. The van der Waals surface area contributed by atoms with Crippen molar-refractivity contribution in [3.8, 4) is 0 Å². The van der Waals surface area contributed by atoms with Gasteiger partial charge in [-0.2, -0.15) is 0 Å². The molecule has 2 atom stereocenters. The van der Waals surface area contributed by atoms with Crippen LogP contribution in [0.3, 0.4) is 0 Å². The topological polar surface area (TPSA) is 57.9 Å². The first kappa shape index (κ1) is 11.1. The van der Waals surface area contributed by atoms with Crippen molar-refractivity contribution in [1.82, 2.24) is 10.2 Å². The van der Waals surface area contributed by atoms with Gasteiger partial charge in [0.2, 0.25) is 0 Å². The normalized spacial score (nSPS) is 30.2. The Balaban J connectivity index is 1.81. The zero-order valence-corrected chi connectivity index (χ0v) is 10.3. The first-order valence-corrected chi connectivity index (χ1v) is 6.70. The summed E-state index contributed by atoms with van der Waals surface area (Å²) in [6.07, 6.45) is 7.67. The lowest BCUT2D eigenvalue weighted by Gasteiger charge is -2.35. The van der Waals surface area contributed by atoms with E-state index in [1.807, 2.05) is 6.92 Å². The van der Waals surface area contributed by atoms with E-state index in [1.54, 1.807) is 0 Å². The summed E-state index contributed by atoms with van der Waals surface area (Å²) in [5.74, 6) is 0.678. The summed E-state index contributed by atoms with van der Waals surface area (Å²) >= 11 is 0. The van der Waals surface area contributed by atoms with Crippen LogP contribution in [0.25, 0.3) is 0 Å². The number of nitrogens with one attached hydrogen (secondary N) is 2. The SMILES string of the molecule is C[C@@H]1O[C@H](C2CCCCC2)Cc2[nH][nH]c(=O)c21. The van der Waals surface area contributed by atoms with Gasteiger partial charge in [0, 0.05) is 12.1 Å². The first-order valence-electron chi connectivity index (χ1n) is 6.70. The standard InChI is InChI=1S/C13H20N2O2/c1-8-12-10(14-15-13(12)16)7-11(17-8)9-5-3-2-4-6-9/h8-9,11H,2-7H2,1H3,(H2,14,15,16)/t8-,11-/m0/s1. The first-order chi connectivity index (χ1) is 8.25. The predicted molar refractivity (Wildman–Crippen MR) is 65.0 cm³/mol. The van der Waals surface area contributed by atoms with Gasteiger partial charge in [0.1, 0.15) is 0 Å². The zero-order valence-electron chi connectivity index (χ0n) is 10.3. The van der Waals surface area contributed by atoms with E-state index in [0.717, 1.165) is 17.7 Å². The van der Waals surface area contributed by atoms with Gasteiger partial charge in [0.25, 0.3) is 5.56 Å². The Morgan fingerprint density at radius 1 is 1.18 bits per heavy atom. The van der Waals surface area contributed by atoms with Gasteiger partial charge in [-0.1, -0.05) is 19.3 Å². The second-order valence-electron chi connectivity index (χ2n) is 5.39. The summed E-state index contributed by atoms with van der Waals surface area (Å²) in [4.78, 5) is 11.6. The Hall–Kier alpha value is -1.03. The van der Waals surface area contributed by atoms with Crippen LogP contribution < -0.4 is 5.56 Å². The molecule has 2 N–H and O–H groups in total. The van der Waals surface area contributed by atoms with Gasteiger partial charge in [-0.15, -0.1) is 0 Å². The molecule has 1 aromatic rings. The van der Waals surface area contributed by atoms with Gasteiger partial charge >= 0.3 is 0 Å². The van der Waals surface area contributed by atoms with Gasteiger partial charge in [0.15, 0.2) is 0 Å². The number of fused-ring (bicyclic) bond motifs is 1. The summed E-state index contributed by atoms with van der Waals surface area (Å²) < 4.78 is 6.05. The third-order valence-electron chi connectivity index (χ3n) is 4.26. The second-order valence-corrected chi connectivity index (χ2v) is 5.39. The van der Waals surface area contributed by atoms with Crippen LogP contribution in [0.15, 0.2) is 4.79 Å². The van der Waals surface area contributed by atoms with Gasteiger partial charge in [-0.25, -0.2) is 0 Å². The van der Waals surface area contributed by atoms with Crippen LogP contribution in [-0.4, -0.2) is 16.3 Å². The lowest BCUT2D eigenvalue weighted by molar-refractivity contribution is -0.0558. The fraction of sp³-hybridized carbons (Fsp3) is 0.769. The molecule has 0 unspecified atom stereocenters. The molecule has 1 fully saturated rings. The van der Waals surface area contributed by atoms with Crippen LogP contribution in [0.2, 0.25) is 0 Å². The number of H-pyrrole nitrogens is 2. The number of hydrogen-bond donors (Lipinski definition) is 2. The third-order valence-corrected chi connectivity index (χ3v) is 4.26. The molecule has 3 rings (SSSR count). The van der Waals surface area contributed by atoms with Crippen LogP contribution in [0.4, 0.5) is 0 Å². The van der Waals surface area contributed by atoms with Crippen molar-refractivity contribution in [2.24, 2.45) is 5.92 Å². The molecule has 1 aliphatic carbocycles. The third kappa shape index (κ3) is 1.95. The molecule has 4 nitrogen and oxygen atoms in total. The number of aromatic nitrogens is 2. The van der Waals surface area contributed by atoms with Crippen molar-refractivity contribution < 1.29 is 4.74 Å². The van der Waals surface area contributed by atoms with E-state index in [9.17, 15) is 4.79 Å². The fourth-order valence-corrected chi connectivity index (χ4v) is 3.36. The molecular formula is C13H20N2O2. The minimum absolute atomic E-state index is 0.0189. The van der Waals surface area contributed by atoms with Crippen molar-refractivity contribution in [2.75, 3.05) is 0 Å². The average Bonchev–Trinajstić information content (AvgIpc) is 2.73. The molecule has 4 heteroatoms. The van der Waals surface area contributed by atoms with Crippen LogP contribution in [0.1, 0.15) is 56.4 Å². The highest BCUT2D eigenvalue weighted by Crippen LogP contribution is 2.35. The number of ether oxygens (including phenoxy) is 1. The lowest BCUT2D eigenvalue weighted by Crippen LogP contribution is -2.34. The van der Waals surface area contributed by atoms with Crippen LogP contribution in [0, 0.1) is 5.92 Å². The average molecular weight is 236 g/mol. The maximum Gasteiger partial charge on any atom is 0.269 e. The van der Waals surface area contributed by atoms with Crippen molar-refractivity contribution in [3.05, 3.63) is 21.6 Å². The predicted octanol–water partition coefficient (Wildman–Crippen LogP) is 2.29. The molecule has 17 heavy (non-hydrogen) atoms. The highest BCUT2D eigenvalue weighted by molar-refractivity contribution is 5.22. The molecule has 2 heterocycles. The molecule has 0 bridgehead atoms. The zero-order chi connectivity index (χ0) is 11.8. The molecule has 1 aromatic heterocycles. The molecular weight excluding hydrogens is 216 g/mol.